The Hall–Kier alpha value is -2.10. The van der Waals surface area contributed by atoms with E-state index in [1.165, 1.54) is 5.56 Å². The molecule has 0 spiro atoms. The van der Waals surface area contributed by atoms with E-state index in [0.29, 0.717) is 5.11 Å². The van der Waals surface area contributed by atoms with Gasteiger partial charge in [0.1, 0.15) is 6.07 Å². The molecule has 3 N–H and O–H groups in total. The normalized spacial score (nSPS) is 15.7. The summed E-state index contributed by atoms with van der Waals surface area (Å²) in [6.45, 7) is 4.98. The van der Waals surface area contributed by atoms with Crippen molar-refractivity contribution in [2.75, 3.05) is 32.7 Å². The average molecular weight is 327 g/mol. The number of benzene rings is 1. The van der Waals surface area contributed by atoms with Crippen molar-refractivity contribution in [2.24, 2.45) is 5.73 Å². The average Bonchev–Trinajstić information content (AvgIpc) is 2.97. The second-order valence-corrected chi connectivity index (χ2v) is 6.38. The van der Waals surface area contributed by atoms with E-state index in [1.807, 2.05) is 0 Å². The van der Waals surface area contributed by atoms with Gasteiger partial charge in [0.25, 0.3) is 0 Å². The highest BCUT2D eigenvalue weighted by Crippen LogP contribution is 2.20. The first kappa shape index (κ1) is 15.8. The lowest BCUT2D eigenvalue weighted by molar-refractivity contribution is 0.181. The first-order valence-corrected chi connectivity index (χ1v) is 8.35. The molecule has 1 fully saturated rings. The molecule has 2 aromatic rings. The number of nitrogens with two attached hydrogens (primary N) is 1. The summed E-state index contributed by atoms with van der Waals surface area (Å²) in [7, 11) is 0. The quantitative estimate of drug-likeness (QED) is 0.838. The molecule has 0 saturated carbocycles. The van der Waals surface area contributed by atoms with Gasteiger partial charge in [-0.15, -0.1) is 0 Å². The van der Waals surface area contributed by atoms with Crippen LogP contribution in [-0.4, -0.2) is 52.6 Å². The third kappa shape index (κ3) is 3.63. The van der Waals surface area contributed by atoms with Crippen LogP contribution in [0.5, 0.6) is 0 Å². The number of piperazine rings is 1. The van der Waals surface area contributed by atoms with Gasteiger partial charge in [0.05, 0.1) is 5.56 Å². The summed E-state index contributed by atoms with van der Waals surface area (Å²) < 4.78 is 0. The number of hydrogen-bond donors (Lipinski definition) is 2. The van der Waals surface area contributed by atoms with Crippen LogP contribution in [0.15, 0.2) is 24.4 Å². The summed E-state index contributed by atoms with van der Waals surface area (Å²) in [4.78, 5) is 7.66. The summed E-state index contributed by atoms with van der Waals surface area (Å²) in [6.07, 6.45) is 3.92. The van der Waals surface area contributed by atoms with Crippen LogP contribution >= 0.6 is 12.2 Å². The number of nitrogens with zero attached hydrogens (tertiary/aromatic N) is 3. The van der Waals surface area contributed by atoms with Gasteiger partial charge in [-0.25, -0.2) is 0 Å². The summed E-state index contributed by atoms with van der Waals surface area (Å²) in [5.74, 6) is 0. The molecule has 1 aliphatic rings. The molecule has 0 unspecified atom stereocenters. The number of H-pyrrole nitrogens is 1. The molecular weight excluding hydrogens is 306 g/mol. The van der Waals surface area contributed by atoms with Crippen molar-refractivity contribution in [3.05, 3.63) is 35.5 Å². The number of rotatable bonds is 4. The third-order valence-electron chi connectivity index (χ3n) is 4.49. The molecule has 5 nitrogen and oxygen atoms in total. The maximum absolute atomic E-state index is 9.12. The monoisotopic (exact) mass is 327 g/mol. The van der Waals surface area contributed by atoms with Crippen molar-refractivity contribution in [1.29, 1.82) is 5.26 Å². The van der Waals surface area contributed by atoms with Crippen LogP contribution in [-0.2, 0) is 6.42 Å². The zero-order valence-electron chi connectivity index (χ0n) is 13.1. The van der Waals surface area contributed by atoms with Crippen molar-refractivity contribution in [2.45, 2.75) is 12.8 Å². The Morgan fingerprint density at radius 3 is 2.78 bits per heavy atom. The highest BCUT2D eigenvalue weighted by atomic mass is 32.1. The van der Waals surface area contributed by atoms with Crippen molar-refractivity contribution in [3.8, 4) is 6.07 Å². The van der Waals surface area contributed by atoms with E-state index in [-0.39, 0.29) is 0 Å². The number of aromatic amines is 1. The van der Waals surface area contributed by atoms with Crippen molar-refractivity contribution in [1.82, 2.24) is 14.8 Å². The Bertz CT molecular complexity index is 737. The number of thiocarbonyl (C=S) groups is 1. The van der Waals surface area contributed by atoms with Gasteiger partial charge < -0.3 is 15.6 Å². The zero-order chi connectivity index (χ0) is 16.2. The van der Waals surface area contributed by atoms with E-state index in [4.69, 9.17) is 23.2 Å². The molecule has 1 aromatic carbocycles. The molecule has 23 heavy (non-hydrogen) atoms. The SMILES string of the molecule is N#Cc1c[nH]c2ccc(CCCN3CCN(C(N)=S)CC3)cc12. The van der Waals surface area contributed by atoms with Crippen LogP contribution in [0.4, 0.5) is 0 Å². The van der Waals surface area contributed by atoms with Gasteiger partial charge in [0.2, 0.25) is 0 Å². The van der Waals surface area contributed by atoms with Crippen LogP contribution < -0.4 is 5.73 Å². The predicted molar refractivity (Wildman–Crippen MR) is 96.1 cm³/mol. The molecule has 0 bridgehead atoms. The van der Waals surface area contributed by atoms with E-state index in [1.54, 1.807) is 6.20 Å². The van der Waals surface area contributed by atoms with Crippen LogP contribution in [0, 0.1) is 11.3 Å². The molecule has 1 saturated heterocycles. The number of aryl methyl sites for hydroxylation is 1. The highest BCUT2D eigenvalue weighted by molar-refractivity contribution is 7.80. The van der Waals surface area contributed by atoms with Gasteiger partial charge >= 0.3 is 0 Å². The van der Waals surface area contributed by atoms with E-state index in [2.05, 4.69) is 39.1 Å². The Labute approximate surface area is 141 Å². The van der Waals surface area contributed by atoms with Gasteiger partial charge in [-0.05, 0) is 49.3 Å². The van der Waals surface area contributed by atoms with E-state index < -0.39 is 0 Å². The summed E-state index contributed by atoms with van der Waals surface area (Å²) in [6, 6.07) is 8.57. The number of aromatic nitrogens is 1. The predicted octanol–water partition coefficient (Wildman–Crippen LogP) is 1.83. The van der Waals surface area contributed by atoms with Crippen LogP contribution in [0.1, 0.15) is 17.5 Å². The number of nitrogens with one attached hydrogen (secondary N) is 1. The van der Waals surface area contributed by atoms with Gasteiger partial charge in [0, 0.05) is 43.3 Å². The molecular formula is C17H21N5S. The Morgan fingerprint density at radius 2 is 2.09 bits per heavy atom. The van der Waals surface area contributed by atoms with Crippen LogP contribution in [0.3, 0.4) is 0 Å². The third-order valence-corrected chi connectivity index (χ3v) is 4.75. The molecule has 0 radical (unpaired) electrons. The highest BCUT2D eigenvalue weighted by Gasteiger charge is 2.16. The summed E-state index contributed by atoms with van der Waals surface area (Å²) in [5.41, 5.74) is 8.69. The fraction of sp³-hybridized carbons (Fsp3) is 0.412. The van der Waals surface area contributed by atoms with Crippen LogP contribution in [0.25, 0.3) is 10.9 Å². The lowest BCUT2D eigenvalue weighted by Gasteiger charge is -2.35. The van der Waals surface area contributed by atoms with Crippen LogP contribution in [0.2, 0.25) is 0 Å². The fourth-order valence-electron chi connectivity index (χ4n) is 3.11. The summed E-state index contributed by atoms with van der Waals surface area (Å²) >= 11 is 5.02. The second kappa shape index (κ2) is 6.99. The molecule has 2 heterocycles. The van der Waals surface area contributed by atoms with Crippen molar-refractivity contribution >= 4 is 28.2 Å². The number of nitriles is 1. The van der Waals surface area contributed by atoms with Gasteiger partial charge in [-0.3, -0.25) is 4.90 Å². The molecule has 3 rings (SSSR count). The molecule has 6 heteroatoms. The van der Waals surface area contributed by atoms with E-state index >= 15 is 0 Å². The maximum Gasteiger partial charge on any atom is 0.166 e. The summed E-state index contributed by atoms with van der Waals surface area (Å²) in [5, 5.41) is 10.7. The Balaban J connectivity index is 1.51. The lowest BCUT2D eigenvalue weighted by Crippen LogP contribution is -2.50. The molecule has 1 aromatic heterocycles. The Morgan fingerprint density at radius 1 is 1.30 bits per heavy atom. The largest absolute Gasteiger partial charge is 0.376 e. The zero-order valence-corrected chi connectivity index (χ0v) is 13.9. The first-order valence-electron chi connectivity index (χ1n) is 7.94. The molecule has 0 aliphatic carbocycles. The Kier molecular flexibility index (Phi) is 4.79. The fourth-order valence-corrected chi connectivity index (χ4v) is 3.30. The molecule has 120 valence electrons. The first-order chi connectivity index (χ1) is 11.2. The topological polar surface area (TPSA) is 72.1 Å². The minimum absolute atomic E-state index is 0.512. The van der Waals surface area contributed by atoms with E-state index in [0.717, 1.165) is 62.0 Å². The smallest absolute Gasteiger partial charge is 0.166 e. The van der Waals surface area contributed by atoms with Gasteiger partial charge in [-0.1, -0.05) is 6.07 Å². The molecule has 1 aliphatic heterocycles. The number of hydrogen-bond acceptors (Lipinski definition) is 3. The van der Waals surface area contributed by atoms with E-state index in [9.17, 15) is 0 Å². The maximum atomic E-state index is 9.12. The van der Waals surface area contributed by atoms with Gasteiger partial charge in [0.15, 0.2) is 5.11 Å². The second-order valence-electron chi connectivity index (χ2n) is 5.96. The van der Waals surface area contributed by atoms with Crippen molar-refractivity contribution < 1.29 is 0 Å². The minimum atomic E-state index is 0.512. The van der Waals surface area contributed by atoms with Crippen molar-refractivity contribution in [3.63, 3.8) is 0 Å². The minimum Gasteiger partial charge on any atom is -0.376 e. The molecule has 0 atom stereocenters. The number of fused-ring (bicyclic) bond motifs is 1. The lowest BCUT2D eigenvalue weighted by atomic mass is 10.1. The molecule has 0 amide bonds. The standard InChI is InChI=1S/C17H21N5S/c18-11-14-12-20-16-4-3-13(10-15(14)16)2-1-5-21-6-8-22(9-7-21)17(19)23/h3-4,10,12,20H,1-2,5-9H2,(H2,19,23). The van der Waals surface area contributed by atoms with Gasteiger partial charge in [-0.2, -0.15) is 5.26 Å².